The highest BCUT2D eigenvalue weighted by Crippen LogP contribution is 2.20. The molecule has 0 saturated carbocycles. The number of rotatable bonds is 5. The molecule has 0 aliphatic heterocycles. The van der Waals surface area contributed by atoms with Crippen molar-refractivity contribution < 1.29 is 17.5 Å². The Morgan fingerprint density at radius 2 is 1.89 bits per heavy atom. The molecule has 0 unspecified atom stereocenters. The summed E-state index contributed by atoms with van der Waals surface area (Å²) in [7, 11) is -4.04. The quantitative estimate of drug-likeness (QED) is 0.282. The summed E-state index contributed by atoms with van der Waals surface area (Å²) in [5.41, 5.74) is 1.48. The summed E-state index contributed by atoms with van der Waals surface area (Å²) in [6, 6.07) is 7.58. The molecular formula is C16H12N6O5S. The predicted molar refractivity (Wildman–Crippen MR) is 95.8 cm³/mol. The van der Waals surface area contributed by atoms with Crippen LogP contribution in [0.5, 0.6) is 5.88 Å². The normalized spacial score (nSPS) is 11.6. The van der Waals surface area contributed by atoms with Crippen molar-refractivity contribution in [2.75, 3.05) is 0 Å². The van der Waals surface area contributed by atoms with Gasteiger partial charge in [-0.25, -0.2) is 14.2 Å². The standard InChI is InChI=1S/C16H12N6O5S/c1-11-2-4-14(5-3-11)28(25,26)27-16-6-15-17-7-12(9-21(15)19-16)20-10-13(8-18-20)22(23)24/h2-10H,1H3. The molecule has 28 heavy (non-hydrogen) atoms. The SMILES string of the molecule is Cc1ccc(S(=O)(=O)Oc2cc3ncc(-n4cc([N+](=O)[O-])cn4)cn3n2)cc1. The zero-order chi connectivity index (χ0) is 19.9. The minimum Gasteiger partial charge on any atom is -0.356 e. The van der Waals surface area contributed by atoms with Crippen LogP contribution in [0, 0.1) is 17.0 Å². The van der Waals surface area contributed by atoms with Gasteiger partial charge in [-0.2, -0.15) is 13.5 Å². The van der Waals surface area contributed by atoms with Crippen molar-refractivity contribution in [1.82, 2.24) is 24.4 Å². The Balaban J connectivity index is 1.64. The van der Waals surface area contributed by atoms with Crippen molar-refractivity contribution in [3.05, 3.63) is 70.8 Å². The second kappa shape index (κ2) is 6.42. The van der Waals surface area contributed by atoms with Crippen LogP contribution in [-0.2, 0) is 10.1 Å². The highest BCUT2D eigenvalue weighted by Gasteiger charge is 2.19. The smallest absolute Gasteiger partial charge is 0.340 e. The van der Waals surface area contributed by atoms with Gasteiger partial charge in [0.2, 0.25) is 0 Å². The Bertz CT molecular complexity index is 1290. The fourth-order valence-corrected chi connectivity index (χ4v) is 3.29. The molecule has 3 aromatic heterocycles. The van der Waals surface area contributed by atoms with Gasteiger partial charge in [-0.05, 0) is 19.1 Å². The molecule has 0 fully saturated rings. The molecule has 0 N–H and O–H groups in total. The Morgan fingerprint density at radius 1 is 1.14 bits per heavy atom. The summed E-state index contributed by atoms with van der Waals surface area (Å²) in [5.74, 6) is -0.156. The largest absolute Gasteiger partial charge is 0.356 e. The highest BCUT2D eigenvalue weighted by molar-refractivity contribution is 7.87. The third-order valence-electron chi connectivity index (χ3n) is 3.83. The maximum atomic E-state index is 12.4. The van der Waals surface area contributed by atoms with Crippen LogP contribution in [0.25, 0.3) is 11.3 Å². The predicted octanol–water partition coefficient (Wildman–Crippen LogP) is 1.90. The fourth-order valence-electron chi connectivity index (χ4n) is 2.42. The van der Waals surface area contributed by atoms with E-state index in [-0.39, 0.29) is 16.5 Å². The van der Waals surface area contributed by atoms with E-state index in [0.29, 0.717) is 11.3 Å². The summed E-state index contributed by atoms with van der Waals surface area (Å²) in [5, 5.41) is 18.7. The van der Waals surface area contributed by atoms with Crippen LogP contribution >= 0.6 is 0 Å². The molecule has 3 heterocycles. The number of hydrogen-bond donors (Lipinski definition) is 0. The molecule has 0 radical (unpaired) electrons. The van der Waals surface area contributed by atoms with Crippen molar-refractivity contribution in [3.8, 4) is 11.6 Å². The lowest BCUT2D eigenvalue weighted by Gasteiger charge is -2.04. The fraction of sp³-hybridized carbons (Fsp3) is 0.0625. The minimum atomic E-state index is -4.04. The molecule has 0 aliphatic carbocycles. The minimum absolute atomic E-state index is 0.00709. The number of aryl methyl sites for hydroxylation is 1. The molecule has 1 aromatic carbocycles. The van der Waals surface area contributed by atoms with Crippen molar-refractivity contribution in [3.63, 3.8) is 0 Å². The first-order valence-corrected chi connectivity index (χ1v) is 9.29. The Morgan fingerprint density at radius 3 is 2.57 bits per heavy atom. The molecule has 0 aliphatic rings. The number of benzene rings is 1. The number of nitro groups is 1. The molecule has 0 atom stereocenters. The van der Waals surface area contributed by atoms with Gasteiger partial charge >= 0.3 is 15.8 Å². The van der Waals surface area contributed by atoms with Gasteiger partial charge in [0.15, 0.2) is 5.65 Å². The average Bonchev–Trinajstić information content (AvgIpc) is 3.27. The summed E-state index contributed by atoms with van der Waals surface area (Å²) >= 11 is 0. The molecule has 0 spiro atoms. The molecule has 142 valence electrons. The summed E-state index contributed by atoms with van der Waals surface area (Å²) in [6.45, 7) is 1.84. The Labute approximate surface area is 158 Å². The third kappa shape index (κ3) is 3.27. The Kier molecular flexibility index (Phi) is 4.04. The van der Waals surface area contributed by atoms with Gasteiger partial charge in [-0.3, -0.25) is 10.1 Å². The average molecular weight is 400 g/mol. The highest BCUT2D eigenvalue weighted by atomic mass is 32.2. The topological polar surface area (TPSA) is 135 Å². The van der Waals surface area contributed by atoms with Crippen molar-refractivity contribution in [1.29, 1.82) is 0 Å². The van der Waals surface area contributed by atoms with Gasteiger partial charge < -0.3 is 4.18 Å². The van der Waals surface area contributed by atoms with Gasteiger partial charge in [-0.1, -0.05) is 17.7 Å². The lowest BCUT2D eigenvalue weighted by molar-refractivity contribution is -0.384. The van der Waals surface area contributed by atoms with E-state index in [1.165, 1.54) is 46.0 Å². The van der Waals surface area contributed by atoms with Crippen LogP contribution in [-0.4, -0.2) is 37.7 Å². The molecule has 11 nitrogen and oxygen atoms in total. The monoisotopic (exact) mass is 400 g/mol. The summed E-state index contributed by atoms with van der Waals surface area (Å²) < 4.78 is 32.4. The van der Waals surface area contributed by atoms with Crippen LogP contribution in [0.2, 0.25) is 0 Å². The van der Waals surface area contributed by atoms with Crippen LogP contribution in [0.1, 0.15) is 5.56 Å². The Hall–Kier alpha value is -3.80. The lowest BCUT2D eigenvalue weighted by Crippen LogP contribution is -2.10. The van der Waals surface area contributed by atoms with E-state index >= 15 is 0 Å². The van der Waals surface area contributed by atoms with E-state index in [4.69, 9.17) is 4.18 Å². The van der Waals surface area contributed by atoms with E-state index in [1.807, 2.05) is 6.92 Å². The summed E-state index contributed by atoms with van der Waals surface area (Å²) in [4.78, 5) is 14.4. The lowest BCUT2D eigenvalue weighted by atomic mass is 10.2. The third-order valence-corrected chi connectivity index (χ3v) is 5.07. The molecule has 0 bridgehead atoms. The molecule has 0 amide bonds. The zero-order valence-electron chi connectivity index (χ0n) is 14.3. The van der Waals surface area contributed by atoms with Gasteiger partial charge in [0.05, 0.1) is 17.3 Å². The van der Waals surface area contributed by atoms with E-state index in [2.05, 4.69) is 15.2 Å². The number of aromatic nitrogens is 5. The number of nitrogens with zero attached hydrogens (tertiary/aromatic N) is 6. The first-order valence-electron chi connectivity index (χ1n) is 7.88. The zero-order valence-corrected chi connectivity index (χ0v) is 15.1. The second-order valence-electron chi connectivity index (χ2n) is 5.85. The van der Waals surface area contributed by atoms with Gasteiger partial charge in [0.1, 0.15) is 23.0 Å². The van der Waals surface area contributed by atoms with Gasteiger partial charge in [0, 0.05) is 6.07 Å². The van der Waals surface area contributed by atoms with Crippen LogP contribution in [0.3, 0.4) is 0 Å². The van der Waals surface area contributed by atoms with E-state index < -0.39 is 15.0 Å². The molecule has 4 aromatic rings. The maximum Gasteiger partial charge on any atom is 0.340 e. The number of hydrogen-bond acceptors (Lipinski definition) is 8. The van der Waals surface area contributed by atoms with Crippen molar-refractivity contribution >= 4 is 21.5 Å². The van der Waals surface area contributed by atoms with Crippen LogP contribution in [0.15, 0.2) is 60.0 Å². The van der Waals surface area contributed by atoms with Gasteiger partial charge in [0.25, 0.3) is 5.88 Å². The van der Waals surface area contributed by atoms with Crippen LogP contribution in [0.4, 0.5) is 5.69 Å². The second-order valence-corrected chi connectivity index (χ2v) is 7.39. The molecule has 0 saturated heterocycles. The van der Waals surface area contributed by atoms with E-state index in [0.717, 1.165) is 11.8 Å². The van der Waals surface area contributed by atoms with Crippen LogP contribution < -0.4 is 4.18 Å². The molecular weight excluding hydrogens is 388 g/mol. The van der Waals surface area contributed by atoms with E-state index in [9.17, 15) is 18.5 Å². The van der Waals surface area contributed by atoms with Gasteiger partial charge in [-0.15, -0.1) is 5.10 Å². The van der Waals surface area contributed by atoms with E-state index in [1.54, 1.807) is 12.1 Å². The molecule has 12 heteroatoms. The molecule has 4 rings (SSSR count). The maximum absolute atomic E-state index is 12.4. The van der Waals surface area contributed by atoms with Crippen molar-refractivity contribution in [2.45, 2.75) is 11.8 Å². The first kappa shape index (κ1) is 17.6. The first-order chi connectivity index (χ1) is 13.3. The van der Waals surface area contributed by atoms with Crippen molar-refractivity contribution in [2.24, 2.45) is 0 Å². The summed E-state index contributed by atoms with van der Waals surface area (Å²) in [6.07, 6.45) is 5.25. The number of fused-ring (bicyclic) bond motifs is 1.